The number of allylic oxidation sites excluding steroid dienone is 1. The van der Waals surface area contributed by atoms with Crippen LogP contribution in [0.3, 0.4) is 0 Å². The van der Waals surface area contributed by atoms with Crippen molar-refractivity contribution in [2.24, 2.45) is 5.73 Å². The highest BCUT2D eigenvalue weighted by atomic mass is 35.5. The lowest BCUT2D eigenvalue weighted by Gasteiger charge is -2.26. The number of fused-ring (bicyclic) bond motifs is 1. The first-order chi connectivity index (χ1) is 12.5. The summed E-state index contributed by atoms with van der Waals surface area (Å²) >= 11 is 6.08. The number of rotatable bonds is 3. The van der Waals surface area contributed by atoms with Crippen molar-refractivity contribution in [2.45, 2.75) is 13.0 Å². The zero-order chi connectivity index (χ0) is 18.3. The lowest BCUT2D eigenvalue weighted by atomic mass is 9.99. The van der Waals surface area contributed by atoms with Crippen molar-refractivity contribution in [1.29, 1.82) is 0 Å². The first kappa shape index (κ1) is 16.3. The molecule has 0 aliphatic carbocycles. The van der Waals surface area contributed by atoms with Crippen molar-refractivity contribution in [3.63, 3.8) is 0 Å². The molecule has 2 aromatic heterocycles. The molecule has 3 N–H and O–H groups in total. The predicted molar refractivity (Wildman–Crippen MR) is 98.4 cm³/mol. The third-order valence-electron chi connectivity index (χ3n) is 4.17. The van der Waals surface area contributed by atoms with Crippen LogP contribution in [0.25, 0.3) is 11.4 Å². The standard InChI is InChI=1S/C18H15ClN6O/c1-10-14(16(20)26)15(13-7-2-3-8-21-13)25-18(22-10)23-17(24-25)11-5-4-6-12(19)9-11/h2-9,15H,1H3,(H2,20,26)(H,22,23,24)/t15-/m0/s1. The van der Waals surface area contributed by atoms with Crippen LogP contribution in [0.1, 0.15) is 18.7 Å². The lowest BCUT2D eigenvalue weighted by Crippen LogP contribution is -2.32. The number of primary amides is 1. The summed E-state index contributed by atoms with van der Waals surface area (Å²) in [5, 5.41) is 8.29. The molecule has 1 aliphatic rings. The summed E-state index contributed by atoms with van der Waals surface area (Å²) in [7, 11) is 0. The first-order valence-corrected chi connectivity index (χ1v) is 8.33. The van der Waals surface area contributed by atoms with Crippen LogP contribution in [0.2, 0.25) is 5.02 Å². The van der Waals surface area contributed by atoms with E-state index in [4.69, 9.17) is 17.3 Å². The van der Waals surface area contributed by atoms with Crippen LogP contribution in [-0.4, -0.2) is 25.7 Å². The molecule has 0 radical (unpaired) electrons. The average molecular weight is 367 g/mol. The summed E-state index contributed by atoms with van der Waals surface area (Å²) in [5.41, 5.74) is 8.10. The second kappa shape index (κ2) is 6.27. The molecule has 0 saturated heterocycles. The number of anilines is 1. The van der Waals surface area contributed by atoms with E-state index in [2.05, 4.69) is 20.4 Å². The zero-order valence-corrected chi connectivity index (χ0v) is 14.6. The number of pyridine rings is 1. The van der Waals surface area contributed by atoms with E-state index in [0.29, 0.717) is 33.8 Å². The number of benzene rings is 1. The number of nitrogens with two attached hydrogens (primary N) is 1. The molecule has 130 valence electrons. The van der Waals surface area contributed by atoms with E-state index in [1.54, 1.807) is 29.9 Å². The van der Waals surface area contributed by atoms with Crippen LogP contribution in [0.15, 0.2) is 59.9 Å². The maximum Gasteiger partial charge on any atom is 0.248 e. The number of nitrogens with zero attached hydrogens (tertiary/aromatic N) is 4. The summed E-state index contributed by atoms with van der Waals surface area (Å²) in [5.74, 6) is 0.476. The van der Waals surface area contributed by atoms with Crippen molar-refractivity contribution in [1.82, 2.24) is 19.7 Å². The molecule has 1 atom stereocenters. The molecule has 0 bridgehead atoms. The maximum atomic E-state index is 12.1. The fourth-order valence-electron chi connectivity index (χ4n) is 3.03. The van der Waals surface area contributed by atoms with Gasteiger partial charge in [0.1, 0.15) is 6.04 Å². The molecular weight excluding hydrogens is 352 g/mol. The van der Waals surface area contributed by atoms with Crippen molar-refractivity contribution in [3.8, 4) is 11.4 Å². The molecule has 0 spiro atoms. The number of halogens is 1. The van der Waals surface area contributed by atoms with E-state index >= 15 is 0 Å². The molecule has 8 heteroatoms. The fraction of sp³-hybridized carbons (Fsp3) is 0.111. The van der Waals surface area contributed by atoms with Crippen LogP contribution in [-0.2, 0) is 4.79 Å². The van der Waals surface area contributed by atoms with Gasteiger partial charge in [-0.25, -0.2) is 4.68 Å². The molecule has 1 amide bonds. The third-order valence-corrected chi connectivity index (χ3v) is 4.40. The second-order valence-electron chi connectivity index (χ2n) is 5.90. The van der Waals surface area contributed by atoms with Gasteiger partial charge in [0.25, 0.3) is 0 Å². The Morgan fingerprint density at radius 3 is 2.81 bits per heavy atom. The average Bonchev–Trinajstić information content (AvgIpc) is 3.04. The van der Waals surface area contributed by atoms with Crippen LogP contribution < -0.4 is 11.1 Å². The predicted octanol–water partition coefficient (Wildman–Crippen LogP) is 2.77. The number of hydrogen-bond donors (Lipinski definition) is 2. The Bertz CT molecular complexity index is 1030. The van der Waals surface area contributed by atoms with Gasteiger partial charge >= 0.3 is 0 Å². The van der Waals surface area contributed by atoms with Crippen LogP contribution >= 0.6 is 11.6 Å². The monoisotopic (exact) mass is 366 g/mol. The summed E-state index contributed by atoms with van der Waals surface area (Å²) < 4.78 is 1.63. The first-order valence-electron chi connectivity index (χ1n) is 7.95. The van der Waals surface area contributed by atoms with Crippen LogP contribution in [0.4, 0.5) is 5.95 Å². The summed E-state index contributed by atoms with van der Waals surface area (Å²) in [6.45, 7) is 1.78. The Morgan fingerprint density at radius 1 is 1.27 bits per heavy atom. The highest BCUT2D eigenvalue weighted by Crippen LogP contribution is 2.35. The van der Waals surface area contributed by atoms with Gasteiger partial charge in [-0.3, -0.25) is 9.78 Å². The molecule has 3 aromatic rings. The number of aromatic nitrogens is 4. The lowest BCUT2D eigenvalue weighted by molar-refractivity contribution is -0.115. The van der Waals surface area contributed by atoms with Crippen LogP contribution in [0.5, 0.6) is 0 Å². The zero-order valence-electron chi connectivity index (χ0n) is 13.8. The molecule has 0 unspecified atom stereocenters. The van der Waals surface area contributed by atoms with Gasteiger partial charge in [-0.15, -0.1) is 5.10 Å². The molecule has 0 saturated carbocycles. The van der Waals surface area contributed by atoms with E-state index < -0.39 is 11.9 Å². The quantitative estimate of drug-likeness (QED) is 0.742. The molecule has 7 nitrogen and oxygen atoms in total. The van der Waals surface area contributed by atoms with Gasteiger partial charge in [0.15, 0.2) is 5.82 Å². The molecule has 0 fully saturated rings. The Labute approximate surface area is 154 Å². The molecule has 26 heavy (non-hydrogen) atoms. The summed E-state index contributed by atoms with van der Waals surface area (Å²) in [6, 6.07) is 12.2. The van der Waals surface area contributed by atoms with Crippen LogP contribution in [0, 0.1) is 0 Å². The molecule has 4 rings (SSSR count). The second-order valence-corrected chi connectivity index (χ2v) is 6.34. The van der Waals surface area contributed by atoms with E-state index in [1.165, 1.54) is 0 Å². The molecule has 1 aliphatic heterocycles. The number of carbonyl (C=O) groups is 1. The molecule has 3 heterocycles. The molecular formula is C18H15ClN6O. The minimum atomic E-state index is -0.551. The van der Waals surface area contributed by atoms with E-state index in [9.17, 15) is 4.79 Å². The summed E-state index contributed by atoms with van der Waals surface area (Å²) in [4.78, 5) is 21.0. The van der Waals surface area contributed by atoms with Gasteiger partial charge < -0.3 is 11.1 Å². The van der Waals surface area contributed by atoms with Gasteiger partial charge in [-0.1, -0.05) is 29.8 Å². The van der Waals surface area contributed by atoms with Gasteiger partial charge in [0.2, 0.25) is 11.9 Å². The normalized spacial score (nSPS) is 16.2. The number of carbonyl (C=O) groups excluding carboxylic acids is 1. The maximum absolute atomic E-state index is 12.1. The van der Waals surface area contributed by atoms with Gasteiger partial charge in [-0.05, 0) is 31.2 Å². The SMILES string of the molecule is CC1=C(C(N)=O)[C@H](c2ccccn2)n2nc(-c3cccc(Cl)c3)nc2N1. The van der Waals surface area contributed by atoms with Crippen molar-refractivity contribution in [2.75, 3.05) is 5.32 Å². The Hall–Kier alpha value is -3.19. The summed E-state index contributed by atoms with van der Waals surface area (Å²) in [6.07, 6.45) is 1.67. The Morgan fingerprint density at radius 2 is 2.12 bits per heavy atom. The largest absolute Gasteiger partial charge is 0.366 e. The van der Waals surface area contributed by atoms with Crippen molar-refractivity contribution < 1.29 is 4.79 Å². The highest BCUT2D eigenvalue weighted by Gasteiger charge is 2.34. The Balaban J connectivity index is 1.89. The minimum absolute atomic E-state index is 0.402. The van der Waals surface area contributed by atoms with Gasteiger partial charge in [0.05, 0.1) is 11.3 Å². The number of hydrogen-bond acceptors (Lipinski definition) is 5. The topological polar surface area (TPSA) is 98.7 Å². The van der Waals surface area contributed by atoms with Gasteiger partial charge in [-0.2, -0.15) is 4.98 Å². The Kier molecular flexibility index (Phi) is 3.93. The molecule has 1 aromatic carbocycles. The highest BCUT2D eigenvalue weighted by molar-refractivity contribution is 6.30. The number of amides is 1. The minimum Gasteiger partial charge on any atom is -0.366 e. The van der Waals surface area contributed by atoms with E-state index in [1.807, 2.05) is 30.3 Å². The van der Waals surface area contributed by atoms with Gasteiger partial charge in [0, 0.05) is 22.5 Å². The van der Waals surface area contributed by atoms with E-state index in [-0.39, 0.29) is 0 Å². The van der Waals surface area contributed by atoms with Crippen molar-refractivity contribution >= 4 is 23.5 Å². The van der Waals surface area contributed by atoms with Crippen molar-refractivity contribution in [3.05, 3.63) is 70.6 Å². The van der Waals surface area contributed by atoms with E-state index in [0.717, 1.165) is 5.56 Å². The number of nitrogens with one attached hydrogen (secondary N) is 1. The fourth-order valence-corrected chi connectivity index (χ4v) is 3.22. The smallest absolute Gasteiger partial charge is 0.248 e. The third kappa shape index (κ3) is 2.72.